The SMILES string of the molecule is O[C@H]1C(Cl)=C2c3ccc4[nH]ncc4c3C[C@@]23CC[C@H]1C3. The molecule has 2 N–H and O–H groups in total. The molecule has 2 bridgehead atoms. The fourth-order valence-corrected chi connectivity index (χ4v) is 5.26. The molecule has 0 aliphatic heterocycles. The van der Waals surface area contributed by atoms with Crippen LogP contribution in [0.3, 0.4) is 0 Å². The minimum absolute atomic E-state index is 0.175. The highest BCUT2D eigenvalue weighted by Crippen LogP contribution is 2.64. The van der Waals surface area contributed by atoms with Crippen molar-refractivity contribution >= 4 is 28.1 Å². The van der Waals surface area contributed by atoms with Gasteiger partial charge in [-0.3, -0.25) is 5.10 Å². The maximum Gasteiger partial charge on any atom is 0.0927 e. The number of nitrogens with one attached hydrogen (secondary N) is 1. The lowest BCUT2D eigenvalue weighted by Crippen LogP contribution is -2.29. The second-order valence-corrected chi connectivity index (χ2v) is 6.96. The van der Waals surface area contributed by atoms with E-state index >= 15 is 0 Å². The van der Waals surface area contributed by atoms with Crippen LogP contribution in [0.1, 0.15) is 30.4 Å². The largest absolute Gasteiger partial charge is 0.387 e. The van der Waals surface area contributed by atoms with Crippen molar-refractivity contribution in [2.45, 2.75) is 31.8 Å². The summed E-state index contributed by atoms with van der Waals surface area (Å²) in [7, 11) is 0. The lowest BCUT2D eigenvalue weighted by atomic mass is 9.74. The number of halogens is 1. The Morgan fingerprint density at radius 1 is 1.40 bits per heavy atom. The average Bonchev–Trinajstić information content (AvgIpc) is 3.11. The van der Waals surface area contributed by atoms with Crippen LogP contribution in [0, 0.1) is 11.3 Å². The van der Waals surface area contributed by atoms with Crippen molar-refractivity contribution in [3.05, 3.63) is 34.5 Å². The standard InChI is InChI=1S/C16H15ClN2O/c17-14-13-9-1-2-12-11(7-18-19-12)10(9)6-16(13)4-3-8(5-16)15(14)20/h1-2,7-8,15,20H,3-6H2,(H,18,19)/t8-,15+,16-/m0/s1. The van der Waals surface area contributed by atoms with Gasteiger partial charge in [-0.15, -0.1) is 0 Å². The summed E-state index contributed by atoms with van der Waals surface area (Å²) in [5.41, 5.74) is 5.08. The minimum Gasteiger partial charge on any atom is -0.387 e. The van der Waals surface area contributed by atoms with Crippen molar-refractivity contribution in [2.24, 2.45) is 11.3 Å². The quantitative estimate of drug-likeness (QED) is 0.781. The number of rotatable bonds is 0. The van der Waals surface area contributed by atoms with E-state index in [1.807, 2.05) is 6.20 Å². The number of aromatic amines is 1. The molecule has 1 aromatic carbocycles. The first-order chi connectivity index (χ1) is 9.70. The smallest absolute Gasteiger partial charge is 0.0927 e. The second kappa shape index (κ2) is 3.46. The van der Waals surface area contributed by atoms with Crippen molar-refractivity contribution in [3.63, 3.8) is 0 Å². The number of nitrogens with zero attached hydrogens (tertiary/aromatic N) is 1. The Labute approximate surface area is 121 Å². The number of aromatic nitrogens is 2. The predicted octanol–water partition coefficient (Wildman–Crippen LogP) is 3.23. The number of fused-ring (bicyclic) bond motifs is 5. The Morgan fingerprint density at radius 2 is 2.30 bits per heavy atom. The molecule has 1 spiro atoms. The molecule has 1 heterocycles. The Hall–Kier alpha value is -1.32. The van der Waals surface area contributed by atoms with Crippen molar-refractivity contribution in [1.82, 2.24) is 10.2 Å². The van der Waals surface area contributed by atoms with Gasteiger partial charge in [0.25, 0.3) is 0 Å². The summed E-state index contributed by atoms with van der Waals surface area (Å²) in [5.74, 6) is 0.348. The van der Waals surface area contributed by atoms with Crippen LogP contribution in [-0.4, -0.2) is 21.4 Å². The van der Waals surface area contributed by atoms with Crippen LogP contribution >= 0.6 is 11.6 Å². The van der Waals surface area contributed by atoms with Gasteiger partial charge in [0.15, 0.2) is 0 Å². The Bertz CT molecular complexity index is 778. The third-order valence-corrected chi connectivity index (χ3v) is 6.05. The van der Waals surface area contributed by atoms with Gasteiger partial charge in [-0.1, -0.05) is 17.7 Å². The van der Waals surface area contributed by atoms with E-state index in [2.05, 4.69) is 22.3 Å². The topological polar surface area (TPSA) is 48.9 Å². The summed E-state index contributed by atoms with van der Waals surface area (Å²) in [4.78, 5) is 0. The molecule has 20 heavy (non-hydrogen) atoms. The van der Waals surface area contributed by atoms with Crippen LogP contribution in [0.5, 0.6) is 0 Å². The highest BCUT2D eigenvalue weighted by Gasteiger charge is 2.54. The summed E-state index contributed by atoms with van der Waals surface area (Å²) in [6, 6.07) is 4.22. The van der Waals surface area contributed by atoms with E-state index < -0.39 is 6.10 Å². The molecule has 0 saturated heterocycles. The molecule has 1 aromatic heterocycles. The van der Waals surface area contributed by atoms with Gasteiger partial charge in [0.1, 0.15) is 0 Å². The number of hydrogen-bond acceptors (Lipinski definition) is 2. The van der Waals surface area contributed by atoms with Gasteiger partial charge in [0.05, 0.1) is 22.8 Å². The average molecular weight is 287 g/mol. The summed E-state index contributed by atoms with van der Waals surface area (Å²) in [6.45, 7) is 0. The van der Waals surface area contributed by atoms with Crippen LogP contribution in [0.4, 0.5) is 0 Å². The van der Waals surface area contributed by atoms with Crippen LogP contribution in [-0.2, 0) is 6.42 Å². The summed E-state index contributed by atoms with van der Waals surface area (Å²) < 4.78 is 0. The van der Waals surface area contributed by atoms with Gasteiger partial charge in [-0.25, -0.2) is 0 Å². The molecule has 102 valence electrons. The fraction of sp³-hybridized carbons (Fsp3) is 0.438. The van der Waals surface area contributed by atoms with Crippen LogP contribution in [0.25, 0.3) is 16.5 Å². The molecule has 1 saturated carbocycles. The molecule has 0 amide bonds. The molecule has 3 nitrogen and oxygen atoms in total. The van der Waals surface area contributed by atoms with E-state index in [1.165, 1.54) is 22.1 Å². The van der Waals surface area contributed by atoms with Crippen LogP contribution in [0.15, 0.2) is 23.4 Å². The molecule has 0 radical (unpaired) electrons. The van der Waals surface area contributed by atoms with Crippen molar-refractivity contribution in [3.8, 4) is 0 Å². The molecule has 4 heteroatoms. The van der Waals surface area contributed by atoms with Gasteiger partial charge < -0.3 is 5.11 Å². The van der Waals surface area contributed by atoms with E-state index in [-0.39, 0.29) is 5.41 Å². The Balaban J connectivity index is 1.86. The van der Waals surface area contributed by atoms with Gasteiger partial charge in [0, 0.05) is 10.8 Å². The fourth-order valence-electron chi connectivity index (χ4n) is 4.77. The van der Waals surface area contributed by atoms with Gasteiger partial charge in [-0.05, 0) is 54.4 Å². The number of H-pyrrole nitrogens is 1. The predicted molar refractivity (Wildman–Crippen MR) is 78.4 cm³/mol. The zero-order valence-electron chi connectivity index (χ0n) is 11.0. The molecule has 1 fully saturated rings. The number of hydrogen-bond donors (Lipinski definition) is 2. The normalized spacial score (nSPS) is 34.7. The maximum absolute atomic E-state index is 10.4. The Kier molecular flexibility index (Phi) is 1.97. The zero-order chi connectivity index (χ0) is 13.5. The lowest BCUT2D eigenvalue weighted by Gasteiger charge is -2.33. The number of allylic oxidation sites excluding steroid dienone is 1. The highest BCUT2D eigenvalue weighted by molar-refractivity contribution is 6.34. The van der Waals surface area contributed by atoms with E-state index in [4.69, 9.17) is 11.6 Å². The lowest BCUT2D eigenvalue weighted by molar-refractivity contribution is 0.138. The molecule has 5 rings (SSSR count). The number of benzene rings is 1. The molecule has 0 unspecified atom stereocenters. The third-order valence-electron chi connectivity index (χ3n) is 5.64. The number of aliphatic hydroxyl groups is 1. The molecule has 2 aromatic rings. The first-order valence-electron chi connectivity index (χ1n) is 7.23. The van der Waals surface area contributed by atoms with Gasteiger partial charge in [-0.2, -0.15) is 5.10 Å². The zero-order valence-corrected chi connectivity index (χ0v) is 11.7. The third kappa shape index (κ3) is 1.15. The summed E-state index contributed by atoms with van der Waals surface area (Å²) >= 11 is 6.55. The summed E-state index contributed by atoms with van der Waals surface area (Å²) in [6.07, 6.45) is 5.81. The van der Waals surface area contributed by atoms with E-state index in [9.17, 15) is 5.11 Å². The van der Waals surface area contributed by atoms with E-state index in [0.717, 1.165) is 31.2 Å². The molecule has 3 aliphatic carbocycles. The van der Waals surface area contributed by atoms with Gasteiger partial charge >= 0.3 is 0 Å². The van der Waals surface area contributed by atoms with Crippen molar-refractivity contribution in [2.75, 3.05) is 0 Å². The molecule has 3 atom stereocenters. The van der Waals surface area contributed by atoms with Gasteiger partial charge in [0.2, 0.25) is 0 Å². The first-order valence-corrected chi connectivity index (χ1v) is 7.61. The van der Waals surface area contributed by atoms with Crippen LogP contribution in [0.2, 0.25) is 0 Å². The molecular formula is C16H15ClN2O. The highest BCUT2D eigenvalue weighted by atomic mass is 35.5. The minimum atomic E-state index is -0.465. The Morgan fingerprint density at radius 3 is 3.20 bits per heavy atom. The van der Waals surface area contributed by atoms with Crippen LogP contribution < -0.4 is 0 Å². The van der Waals surface area contributed by atoms with E-state index in [0.29, 0.717) is 11.0 Å². The first kappa shape index (κ1) is 11.4. The summed E-state index contributed by atoms with van der Waals surface area (Å²) in [5, 5.41) is 19.5. The monoisotopic (exact) mass is 286 g/mol. The second-order valence-electron chi connectivity index (χ2n) is 6.55. The maximum atomic E-state index is 10.4. The van der Waals surface area contributed by atoms with Crippen molar-refractivity contribution in [1.29, 1.82) is 0 Å². The van der Waals surface area contributed by atoms with E-state index in [1.54, 1.807) is 0 Å². The number of aliphatic hydroxyl groups excluding tert-OH is 1. The molecule has 3 aliphatic rings. The molecular weight excluding hydrogens is 272 g/mol. The van der Waals surface area contributed by atoms with Crippen molar-refractivity contribution < 1.29 is 5.11 Å².